The van der Waals surface area contributed by atoms with Gasteiger partial charge in [0.2, 0.25) is 0 Å². The van der Waals surface area contributed by atoms with E-state index in [1.807, 2.05) is 6.20 Å². The van der Waals surface area contributed by atoms with Gasteiger partial charge >= 0.3 is 0 Å². The first-order chi connectivity index (χ1) is 7.27. The molecule has 1 aliphatic carbocycles. The maximum absolute atomic E-state index is 5.91. The number of hydrogen-bond donors (Lipinski definition) is 1. The minimum absolute atomic E-state index is 0.224. The molecule has 1 saturated carbocycles. The first-order valence-corrected chi connectivity index (χ1v) is 6.44. The highest BCUT2D eigenvalue weighted by atomic mass is 32.1. The molecule has 3 rings (SSSR count). The first-order valence-electron chi connectivity index (χ1n) is 5.63. The molecule has 0 aromatic carbocycles. The lowest BCUT2D eigenvalue weighted by Crippen LogP contribution is -2.44. The molecule has 2 aliphatic rings. The van der Waals surface area contributed by atoms with Crippen molar-refractivity contribution in [2.45, 2.75) is 43.6 Å². The summed E-state index contributed by atoms with van der Waals surface area (Å²) < 4.78 is 5.91. The Kier molecular flexibility index (Phi) is 2.21. The first kappa shape index (κ1) is 9.60. The highest BCUT2D eigenvalue weighted by Crippen LogP contribution is 2.47. The number of rotatable bonds is 1. The molecule has 1 unspecified atom stereocenters. The maximum Gasteiger partial charge on any atom is 0.180 e. The van der Waals surface area contributed by atoms with E-state index in [0.29, 0.717) is 11.0 Å². The van der Waals surface area contributed by atoms with Gasteiger partial charge in [-0.15, -0.1) is 11.3 Å². The van der Waals surface area contributed by atoms with Crippen molar-refractivity contribution in [2.75, 3.05) is 12.3 Å². The van der Waals surface area contributed by atoms with Gasteiger partial charge in [0.1, 0.15) is 0 Å². The summed E-state index contributed by atoms with van der Waals surface area (Å²) in [5.41, 5.74) is 5.90. The molecule has 4 heteroatoms. The van der Waals surface area contributed by atoms with Crippen LogP contribution >= 0.6 is 11.3 Å². The van der Waals surface area contributed by atoms with Crippen LogP contribution < -0.4 is 5.73 Å². The topological polar surface area (TPSA) is 48.1 Å². The number of nitrogens with zero attached hydrogens (tertiary/aromatic N) is 1. The van der Waals surface area contributed by atoms with E-state index < -0.39 is 0 Å². The van der Waals surface area contributed by atoms with E-state index in [9.17, 15) is 0 Å². The van der Waals surface area contributed by atoms with Gasteiger partial charge in [0, 0.05) is 17.7 Å². The summed E-state index contributed by atoms with van der Waals surface area (Å²) in [6.45, 7) is 0.905. The van der Waals surface area contributed by atoms with Crippen LogP contribution in [-0.4, -0.2) is 17.2 Å². The van der Waals surface area contributed by atoms with Gasteiger partial charge in [-0.3, -0.25) is 0 Å². The summed E-state index contributed by atoms with van der Waals surface area (Å²) in [7, 11) is 0. The number of thiazole rings is 1. The van der Waals surface area contributed by atoms with Gasteiger partial charge in [-0.05, 0) is 38.0 Å². The maximum atomic E-state index is 5.91. The lowest BCUT2D eigenvalue weighted by atomic mass is 9.72. The van der Waals surface area contributed by atoms with E-state index in [4.69, 9.17) is 10.5 Å². The molecule has 1 atom stereocenters. The largest absolute Gasteiger partial charge is 0.375 e. The second-order valence-corrected chi connectivity index (χ2v) is 5.77. The van der Waals surface area contributed by atoms with Crippen LogP contribution in [0.2, 0.25) is 0 Å². The smallest absolute Gasteiger partial charge is 0.180 e. The standard InChI is InChI=1S/C11H16N2OS/c12-10-13-7-9(15-10)8-2-5-14-11(6-8)3-1-4-11/h7-8H,1-6H2,(H2,12,13). The summed E-state index contributed by atoms with van der Waals surface area (Å²) in [6.07, 6.45) is 8.08. The van der Waals surface area contributed by atoms with Crippen LogP contribution in [0.25, 0.3) is 0 Å². The molecular weight excluding hydrogens is 208 g/mol. The lowest BCUT2D eigenvalue weighted by Gasteiger charge is -2.47. The van der Waals surface area contributed by atoms with E-state index in [-0.39, 0.29) is 5.60 Å². The Morgan fingerprint density at radius 1 is 1.53 bits per heavy atom. The molecule has 82 valence electrons. The molecule has 0 bridgehead atoms. The van der Waals surface area contributed by atoms with Gasteiger partial charge in [-0.1, -0.05) is 0 Å². The molecular formula is C11H16N2OS. The number of nitrogens with two attached hydrogens (primary N) is 1. The van der Waals surface area contributed by atoms with Crippen molar-refractivity contribution in [1.29, 1.82) is 0 Å². The average Bonchev–Trinajstić information content (AvgIpc) is 2.63. The SMILES string of the molecule is Nc1ncc(C2CCOC3(CCC3)C2)s1. The zero-order chi connectivity index (χ0) is 10.3. The summed E-state index contributed by atoms with van der Waals surface area (Å²) >= 11 is 1.64. The third kappa shape index (κ3) is 1.66. The Hall–Kier alpha value is -0.610. The lowest BCUT2D eigenvalue weighted by molar-refractivity contribution is -0.133. The number of ether oxygens (including phenoxy) is 1. The molecule has 0 radical (unpaired) electrons. The van der Waals surface area contributed by atoms with Crippen molar-refractivity contribution in [1.82, 2.24) is 4.98 Å². The fourth-order valence-electron chi connectivity index (χ4n) is 2.68. The Morgan fingerprint density at radius 2 is 2.40 bits per heavy atom. The van der Waals surface area contributed by atoms with Crippen molar-refractivity contribution in [2.24, 2.45) is 0 Å². The van der Waals surface area contributed by atoms with Crippen molar-refractivity contribution in [3.8, 4) is 0 Å². The van der Waals surface area contributed by atoms with Crippen LogP contribution in [0.3, 0.4) is 0 Å². The fraction of sp³-hybridized carbons (Fsp3) is 0.727. The summed E-state index contributed by atoms with van der Waals surface area (Å²) in [4.78, 5) is 5.49. The molecule has 3 nitrogen and oxygen atoms in total. The van der Waals surface area contributed by atoms with Gasteiger partial charge in [0.15, 0.2) is 5.13 Å². The molecule has 1 aliphatic heterocycles. The van der Waals surface area contributed by atoms with E-state index in [2.05, 4.69) is 4.98 Å². The van der Waals surface area contributed by atoms with Crippen molar-refractivity contribution in [3.05, 3.63) is 11.1 Å². The van der Waals surface area contributed by atoms with Crippen LogP contribution in [0.4, 0.5) is 5.13 Å². The van der Waals surface area contributed by atoms with Gasteiger partial charge in [-0.25, -0.2) is 4.98 Å². The number of hydrogen-bond acceptors (Lipinski definition) is 4. The number of anilines is 1. The van der Waals surface area contributed by atoms with E-state index in [0.717, 1.165) is 13.0 Å². The Balaban J connectivity index is 1.76. The van der Waals surface area contributed by atoms with E-state index in [1.165, 1.54) is 30.6 Å². The van der Waals surface area contributed by atoms with Crippen molar-refractivity contribution in [3.63, 3.8) is 0 Å². The molecule has 2 N–H and O–H groups in total. The highest BCUT2D eigenvalue weighted by Gasteiger charge is 2.43. The number of aromatic nitrogens is 1. The summed E-state index contributed by atoms with van der Waals surface area (Å²) in [6, 6.07) is 0. The van der Waals surface area contributed by atoms with Crippen LogP contribution in [-0.2, 0) is 4.74 Å². The van der Waals surface area contributed by atoms with Gasteiger partial charge < -0.3 is 10.5 Å². The Labute approximate surface area is 93.7 Å². The van der Waals surface area contributed by atoms with Crippen molar-refractivity contribution < 1.29 is 4.74 Å². The second-order valence-electron chi connectivity index (χ2n) is 4.68. The molecule has 0 amide bonds. The van der Waals surface area contributed by atoms with E-state index in [1.54, 1.807) is 11.3 Å². The van der Waals surface area contributed by atoms with Crippen molar-refractivity contribution >= 4 is 16.5 Å². The number of nitrogen functional groups attached to an aromatic ring is 1. The van der Waals surface area contributed by atoms with Crippen LogP contribution in [0.15, 0.2) is 6.20 Å². The van der Waals surface area contributed by atoms with Gasteiger partial charge in [0.05, 0.1) is 5.60 Å². The summed E-state index contributed by atoms with van der Waals surface area (Å²) in [5.74, 6) is 0.633. The quantitative estimate of drug-likeness (QED) is 0.797. The average molecular weight is 224 g/mol. The zero-order valence-corrected chi connectivity index (χ0v) is 9.55. The molecule has 1 spiro atoms. The van der Waals surface area contributed by atoms with Gasteiger partial charge in [-0.2, -0.15) is 0 Å². The Morgan fingerprint density at radius 3 is 3.00 bits per heavy atom. The zero-order valence-electron chi connectivity index (χ0n) is 8.74. The van der Waals surface area contributed by atoms with Crippen LogP contribution in [0, 0.1) is 0 Å². The fourth-order valence-corrected chi connectivity index (χ4v) is 3.50. The highest BCUT2D eigenvalue weighted by molar-refractivity contribution is 7.15. The molecule has 1 aromatic heterocycles. The van der Waals surface area contributed by atoms with E-state index >= 15 is 0 Å². The molecule has 15 heavy (non-hydrogen) atoms. The van der Waals surface area contributed by atoms with Crippen LogP contribution in [0.1, 0.15) is 42.9 Å². The molecule has 1 saturated heterocycles. The molecule has 1 aromatic rings. The third-order valence-corrected chi connectivity index (χ3v) is 4.69. The monoisotopic (exact) mass is 224 g/mol. The summed E-state index contributed by atoms with van der Waals surface area (Å²) in [5, 5.41) is 0.694. The predicted molar refractivity (Wildman–Crippen MR) is 61.0 cm³/mol. The minimum atomic E-state index is 0.224. The molecule has 2 heterocycles. The van der Waals surface area contributed by atoms with Crippen LogP contribution in [0.5, 0.6) is 0 Å². The minimum Gasteiger partial charge on any atom is -0.375 e. The Bertz CT molecular complexity index is 359. The molecule has 2 fully saturated rings. The second kappa shape index (κ2) is 3.46. The third-order valence-electron chi connectivity index (χ3n) is 3.70. The normalized spacial score (nSPS) is 28.9. The predicted octanol–water partition coefficient (Wildman–Crippen LogP) is 2.54. The van der Waals surface area contributed by atoms with Gasteiger partial charge in [0.25, 0.3) is 0 Å².